The molecular weight excluding hydrogens is 450 g/mol. The van der Waals surface area contributed by atoms with Gasteiger partial charge in [-0.25, -0.2) is 4.98 Å². The molecule has 0 aliphatic rings. The topological polar surface area (TPSA) is 79.8 Å². The van der Waals surface area contributed by atoms with E-state index in [0.29, 0.717) is 16.0 Å². The van der Waals surface area contributed by atoms with Crippen LogP contribution in [0.25, 0.3) is 10.6 Å². The molecule has 0 radical (unpaired) electrons. The van der Waals surface area contributed by atoms with E-state index in [-0.39, 0.29) is 5.91 Å². The number of hydrogen-bond acceptors (Lipinski definition) is 7. The second kappa shape index (κ2) is 9.91. The molecule has 0 saturated carbocycles. The molecule has 2 aromatic heterocycles. The first-order valence-electron chi connectivity index (χ1n) is 9.37. The quantitative estimate of drug-likeness (QED) is 0.313. The minimum atomic E-state index is -0.138. The monoisotopic (exact) mass is 467 g/mol. The molecule has 0 atom stereocenters. The summed E-state index contributed by atoms with van der Waals surface area (Å²) in [5.74, 6) is 1.15. The van der Waals surface area contributed by atoms with Gasteiger partial charge in [-0.3, -0.25) is 4.79 Å². The molecular formula is C22H18ClN5OS2. The minimum absolute atomic E-state index is 0.138. The Morgan fingerprint density at radius 2 is 1.97 bits per heavy atom. The first kappa shape index (κ1) is 21.3. The smallest absolute Gasteiger partial charge is 0.222 e. The Bertz CT molecular complexity index is 1210. The van der Waals surface area contributed by atoms with E-state index in [4.69, 9.17) is 11.6 Å². The van der Waals surface area contributed by atoms with Crippen LogP contribution < -0.4 is 10.6 Å². The molecule has 2 N–H and O–H groups in total. The lowest BCUT2D eigenvalue weighted by Gasteiger charge is -2.08. The fraction of sp³-hybridized carbons (Fsp3) is 0.0909. The van der Waals surface area contributed by atoms with Gasteiger partial charge < -0.3 is 10.6 Å². The molecule has 0 spiro atoms. The second-order valence-corrected chi connectivity index (χ2v) is 8.99. The van der Waals surface area contributed by atoms with Crippen molar-refractivity contribution >= 4 is 57.2 Å². The summed E-state index contributed by atoms with van der Waals surface area (Å²) in [4.78, 5) is 16.5. The van der Waals surface area contributed by atoms with Crippen LogP contribution in [-0.4, -0.2) is 21.1 Å². The van der Waals surface area contributed by atoms with Crippen molar-refractivity contribution in [3.8, 4) is 10.6 Å². The van der Waals surface area contributed by atoms with Crippen LogP contribution in [0.5, 0.6) is 0 Å². The van der Waals surface area contributed by atoms with Crippen molar-refractivity contribution in [1.29, 1.82) is 0 Å². The first-order chi connectivity index (χ1) is 15.1. The van der Waals surface area contributed by atoms with Gasteiger partial charge in [0.25, 0.3) is 0 Å². The number of hydrogen-bond donors (Lipinski definition) is 2. The zero-order valence-electron chi connectivity index (χ0n) is 16.5. The van der Waals surface area contributed by atoms with Crippen molar-refractivity contribution in [2.75, 3.05) is 10.6 Å². The molecule has 31 heavy (non-hydrogen) atoms. The van der Waals surface area contributed by atoms with Crippen LogP contribution in [0.15, 0.2) is 71.8 Å². The number of anilines is 3. The molecule has 2 aromatic carbocycles. The molecule has 1 amide bonds. The molecule has 4 rings (SSSR count). The van der Waals surface area contributed by atoms with E-state index in [1.807, 2.05) is 54.6 Å². The van der Waals surface area contributed by atoms with Crippen LogP contribution in [0.3, 0.4) is 0 Å². The summed E-state index contributed by atoms with van der Waals surface area (Å²) in [6.07, 6.45) is 1.70. The Kier molecular flexibility index (Phi) is 6.81. The van der Waals surface area contributed by atoms with Gasteiger partial charge in [-0.1, -0.05) is 47.2 Å². The zero-order valence-corrected chi connectivity index (χ0v) is 18.9. The highest BCUT2D eigenvalue weighted by Crippen LogP contribution is 2.36. The Balaban J connectivity index is 1.49. The zero-order chi connectivity index (χ0) is 21.6. The lowest BCUT2D eigenvalue weighted by Crippen LogP contribution is -2.07. The third-order valence-electron chi connectivity index (χ3n) is 4.14. The minimum Gasteiger partial charge on any atom is -0.330 e. The van der Waals surface area contributed by atoms with Gasteiger partial charge in [-0.15, -0.1) is 22.0 Å². The van der Waals surface area contributed by atoms with Gasteiger partial charge in [0.2, 0.25) is 11.0 Å². The van der Waals surface area contributed by atoms with Crippen LogP contribution in [0.2, 0.25) is 5.02 Å². The highest BCUT2D eigenvalue weighted by atomic mass is 35.5. The maximum atomic E-state index is 11.3. The number of carbonyl (C=O) groups is 1. The van der Waals surface area contributed by atoms with Crippen molar-refractivity contribution in [2.24, 2.45) is 0 Å². The summed E-state index contributed by atoms with van der Waals surface area (Å²) < 4.78 is 0. The number of pyridine rings is 1. The number of thioether (sulfide) groups is 1. The highest BCUT2D eigenvalue weighted by Gasteiger charge is 2.12. The lowest BCUT2D eigenvalue weighted by molar-refractivity contribution is -0.114. The number of halogens is 1. The van der Waals surface area contributed by atoms with E-state index in [1.54, 1.807) is 18.0 Å². The fourth-order valence-corrected chi connectivity index (χ4v) is 4.87. The van der Waals surface area contributed by atoms with Crippen molar-refractivity contribution in [3.05, 3.63) is 77.4 Å². The van der Waals surface area contributed by atoms with Gasteiger partial charge in [0.05, 0.1) is 0 Å². The molecule has 4 aromatic rings. The van der Waals surface area contributed by atoms with E-state index in [2.05, 4.69) is 31.9 Å². The molecule has 156 valence electrons. The van der Waals surface area contributed by atoms with Crippen LogP contribution in [0.1, 0.15) is 12.5 Å². The highest BCUT2D eigenvalue weighted by molar-refractivity contribution is 7.98. The number of aromatic nitrogens is 3. The third-order valence-corrected chi connectivity index (χ3v) is 6.39. The molecule has 0 saturated heterocycles. The Labute approximate surface area is 193 Å². The SMILES string of the molecule is CC(=O)Nc1cc(CSc2ccccc2-c2nnc(Nc3cccc(Cl)c3)s2)ccn1. The van der Waals surface area contributed by atoms with E-state index in [9.17, 15) is 4.79 Å². The van der Waals surface area contributed by atoms with Crippen LogP contribution in [-0.2, 0) is 10.5 Å². The van der Waals surface area contributed by atoms with Crippen LogP contribution >= 0.6 is 34.7 Å². The molecule has 0 bridgehead atoms. The number of amides is 1. The molecule has 0 aliphatic heterocycles. The molecule has 0 unspecified atom stereocenters. The molecule has 0 fully saturated rings. The van der Waals surface area contributed by atoms with Crippen molar-refractivity contribution < 1.29 is 4.79 Å². The van der Waals surface area contributed by atoms with E-state index < -0.39 is 0 Å². The van der Waals surface area contributed by atoms with Crippen LogP contribution in [0.4, 0.5) is 16.6 Å². The van der Waals surface area contributed by atoms with Gasteiger partial charge in [0, 0.05) is 40.0 Å². The number of benzene rings is 2. The summed E-state index contributed by atoms with van der Waals surface area (Å²) in [5.41, 5.74) is 2.96. The standard InChI is InChI=1S/C22H18ClN5OS2/c1-14(29)25-20-11-15(9-10-24-20)13-30-19-8-3-2-7-18(19)21-27-28-22(31-21)26-17-6-4-5-16(23)12-17/h2-12H,13H2,1H3,(H,26,28)(H,24,25,29). The largest absolute Gasteiger partial charge is 0.330 e. The first-order valence-corrected chi connectivity index (χ1v) is 11.6. The van der Waals surface area contributed by atoms with E-state index in [0.717, 1.165) is 32.5 Å². The summed E-state index contributed by atoms with van der Waals surface area (Å²) in [6.45, 7) is 1.47. The number of nitrogens with one attached hydrogen (secondary N) is 2. The lowest BCUT2D eigenvalue weighted by atomic mass is 10.2. The predicted octanol–water partition coefficient (Wildman–Crippen LogP) is 6.25. The Hall–Kier alpha value is -2.94. The molecule has 6 nitrogen and oxygen atoms in total. The van der Waals surface area contributed by atoms with Gasteiger partial charge in [0.15, 0.2) is 5.01 Å². The predicted molar refractivity (Wildman–Crippen MR) is 128 cm³/mol. The summed E-state index contributed by atoms with van der Waals surface area (Å²) >= 11 is 9.24. The number of carbonyl (C=O) groups excluding carboxylic acids is 1. The van der Waals surface area contributed by atoms with Gasteiger partial charge in [0.1, 0.15) is 5.82 Å². The van der Waals surface area contributed by atoms with Crippen molar-refractivity contribution in [1.82, 2.24) is 15.2 Å². The Morgan fingerprint density at radius 3 is 2.81 bits per heavy atom. The van der Waals surface area contributed by atoms with Gasteiger partial charge in [-0.05, 0) is 42.0 Å². The molecule has 9 heteroatoms. The third kappa shape index (κ3) is 5.81. The average Bonchev–Trinajstić information content (AvgIpc) is 3.20. The Morgan fingerprint density at radius 1 is 1.10 bits per heavy atom. The fourth-order valence-electron chi connectivity index (χ4n) is 2.82. The van der Waals surface area contributed by atoms with Crippen molar-refractivity contribution in [3.63, 3.8) is 0 Å². The van der Waals surface area contributed by atoms with E-state index in [1.165, 1.54) is 18.3 Å². The van der Waals surface area contributed by atoms with Crippen molar-refractivity contribution in [2.45, 2.75) is 17.6 Å². The summed E-state index contributed by atoms with van der Waals surface area (Å²) in [6, 6.07) is 19.4. The molecule has 0 aliphatic carbocycles. The normalized spacial score (nSPS) is 10.6. The average molecular weight is 468 g/mol. The summed E-state index contributed by atoms with van der Waals surface area (Å²) in [7, 11) is 0. The van der Waals surface area contributed by atoms with E-state index >= 15 is 0 Å². The number of nitrogens with zero attached hydrogens (tertiary/aromatic N) is 3. The second-order valence-electron chi connectivity index (χ2n) is 6.56. The molecule has 2 heterocycles. The summed E-state index contributed by atoms with van der Waals surface area (Å²) in [5, 5.41) is 16.8. The van der Waals surface area contributed by atoms with Gasteiger partial charge >= 0.3 is 0 Å². The maximum absolute atomic E-state index is 11.3. The van der Waals surface area contributed by atoms with Gasteiger partial charge in [-0.2, -0.15) is 0 Å². The van der Waals surface area contributed by atoms with Crippen LogP contribution in [0, 0.1) is 0 Å². The number of rotatable bonds is 7. The maximum Gasteiger partial charge on any atom is 0.222 e.